The molecule has 7 amide bonds. The maximum atomic E-state index is 14.0. The molecule has 0 aliphatic heterocycles. The van der Waals surface area contributed by atoms with Gasteiger partial charge in [0.2, 0.25) is 41.4 Å². The fourth-order valence-electron chi connectivity index (χ4n) is 5.58. The van der Waals surface area contributed by atoms with Crippen LogP contribution in [0.4, 0.5) is 0 Å². The van der Waals surface area contributed by atoms with Gasteiger partial charge in [0.05, 0.1) is 6.10 Å². The highest BCUT2D eigenvalue weighted by Gasteiger charge is 2.34. The van der Waals surface area contributed by atoms with E-state index in [1.165, 1.54) is 33.8 Å². The van der Waals surface area contributed by atoms with Crippen molar-refractivity contribution in [3.63, 3.8) is 0 Å². The number of amides is 7. The van der Waals surface area contributed by atoms with Crippen molar-refractivity contribution in [1.29, 1.82) is 0 Å². The molecule has 316 valence electrons. The van der Waals surface area contributed by atoms with Crippen LogP contribution in [0.2, 0.25) is 0 Å². The van der Waals surface area contributed by atoms with Gasteiger partial charge in [-0.05, 0) is 51.2 Å². The van der Waals surface area contributed by atoms with Crippen LogP contribution in [0.3, 0.4) is 0 Å². The number of carbonyl (C=O) groups is 8. The molecule has 0 bridgehead atoms. The second-order valence-electron chi connectivity index (χ2n) is 14.3. The zero-order chi connectivity index (χ0) is 43.5. The van der Waals surface area contributed by atoms with Gasteiger partial charge in [-0.15, -0.1) is 0 Å². The molecule has 58 heavy (non-hydrogen) atoms. The fourth-order valence-corrected chi connectivity index (χ4v) is 5.58. The van der Waals surface area contributed by atoms with Crippen LogP contribution in [0.25, 0.3) is 0 Å². The van der Waals surface area contributed by atoms with Crippen molar-refractivity contribution in [1.82, 2.24) is 37.2 Å². The number of allylic oxidation sites excluding steroid dienone is 1. The van der Waals surface area contributed by atoms with Gasteiger partial charge < -0.3 is 47.4 Å². The maximum absolute atomic E-state index is 14.0. The summed E-state index contributed by atoms with van der Waals surface area (Å²) in [4.78, 5) is 104. The van der Waals surface area contributed by atoms with Crippen LogP contribution in [-0.4, -0.2) is 99.9 Å². The average Bonchev–Trinajstić information content (AvgIpc) is 3.17. The summed E-state index contributed by atoms with van der Waals surface area (Å²) in [6.07, 6.45) is 0.0998. The van der Waals surface area contributed by atoms with E-state index in [2.05, 4.69) is 37.2 Å². The first-order chi connectivity index (χ1) is 27.4. The topological polar surface area (TPSA) is 261 Å². The predicted octanol–water partition coefficient (Wildman–Crippen LogP) is 0.362. The molecule has 0 heterocycles. The smallest absolute Gasteiger partial charge is 0.352 e. The minimum absolute atomic E-state index is 0.0479. The van der Waals surface area contributed by atoms with E-state index in [-0.39, 0.29) is 37.5 Å². The molecule has 2 aromatic carbocycles. The van der Waals surface area contributed by atoms with E-state index in [0.29, 0.717) is 5.56 Å². The monoisotopic (exact) mass is 807 g/mol. The molecule has 0 fully saturated rings. The summed E-state index contributed by atoms with van der Waals surface area (Å²) in [6, 6.07) is 10.2. The number of hydrogen-bond donors (Lipinski definition) is 9. The Kier molecular flexibility index (Phi) is 19.8. The van der Waals surface area contributed by atoms with Crippen molar-refractivity contribution in [3.05, 3.63) is 83.6 Å². The van der Waals surface area contributed by atoms with Crippen molar-refractivity contribution in [2.75, 3.05) is 0 Å². The molecule has 9 N–H and O–H groups in total. The van der Waals surface area contributed by atoms with Crippen molar-refractivity contribution in [2.24, 2.45) is 5.92 Å². The van der Waals surface area contributed by atoms with Crippen LogP contribution in [0.1, 0.15) is 72.4 Å². The Labute approximate surface area is 338 Å². The number of carboxylic acid groups (broad SMARTS) is 1. The van der Waals surface area contributed by atoms with E-state index in [1.807, 2.05) is 32.0 Å². The third-order valence-corrected chi connectivity index (χ3v) is 8.85. The molecular weight excluding hydrogens is 750 g/mol. The Balaban J connectivity index is 2.28. The van der Waals surface area contributed by atoms with E-state index >= 15 is 0 Å². The minimum atomic E-state index is -1.61. The first-order valence-electron chi connectivity index (χ1n) is 19.1. The summed E-state index contributed by atoms with van der Waals surface area (Å²) < 4.78 is 0. The quantitative estimate of drug-likeness (QED) is 0.0738. The Morgan fingerprint density at radius 3 is 1.50 bits per heavy atom. The lowest BCUT2D eigenvalue weighted by molar-refractivity contribution is -0.137. The zero-order valence-electron chi connectivity index (χ0n) is 34.0. The Morgan fingerprint density at radius 1 is 0.586 bits per heavy atom. The minimum Gasteiger partial charge on any atom is -0.477 e. The summed E-state index contributed by atoms with van der Waals surface area (Å²) >= 11 is 0. The van der Waals surface area contributed by atoms with Crippen molar-refractivity contribution in [3.8, 4) is 0 Å². The van der Waals surface area contributed by atoms with Gasteiger partial charge in [-0.25, -0.2) is 4.79 Å². The number of aliphatic hydroxyl groups is 1. The van der Waals surface area contributed by atoms with Crippen LogP contribution in [0, 0.1) is 5.92 Å². The highest BCUT2D eigenvalue weighted by Crippen LogP contribution is 2.11. The number of rotatable bonds is 22. The highest BCUT2D eigenvalue weighted by atomic mass is 16.4. The van der Waals surface area contributed by atoms with E-state index < -0.39 is 89.5 Å². The third-order valence-electron chi connectivity index (χ3n) is 8.85. The lowest BCUT2D eigenvalue weighted by atomic mass is 9.99. The molecule has 17 heteroatoms. The molecule has 0 saturated heterocycles. The van der Waals surface area contributed by atoms with E-state index in [9.17, 15) is 43.5 Å². The van der Waals surface area contributed by atoms with E-state index in [4.69, 9.17) is 5.11 Å². The van der Waals surface area contributed by atoms with Crippen molar-refractivity contribution in [2.45, 2.75) is 117 Å². The summed E-state index contributed by atoms with van der Waals surface area (Å²) in [7, 11) is 0. The normalized spacial score (nSPS) is 14.9. The number of nitrogens with one attached hydrogen (secondary N) is 7. The Hall–Kier alpha value is -6.10. The Bertz CT molecular complexity index is 1770. The SMILES string of the molecule is C/C=C(\NC(=O)[C@H](C)NC(=O)[C@H](C)NC(=O)[C@H](NC(=O)[C@H](Cc1ccccc1)NC(=O)[C@@H](CC(C)C)NC(=O)[C@@H](Cc1ccccc1)NC(=O)CC)[C@@H](C)O)C(=O)O. The van der Waals surface area contributed by atoms with Crippen LogP contribution in [0.5, 0.6) is 0 Å². The van der Waals surface area contributed by atoms with E-state index in [1.54, 1.807) is 49.4 Å². The molecular formula is C41H57N7O10. The average molecular weight is 808 g/mol. The maximum Gasteiger partial charge on any atom is 0.352 e. The lowest BCUT2D eigenvalue weighted by Gasteiger charge is -2.28. The number of hydrogen-bond acceptors (Lipinski definition) is 9. The predicted molar refractivity (Wildman–Crippen MR) is 214 cm³/mol. The van der Waals surface area contributed by atoms with Crippen molar-refractivity contribution >= 4 is 47.3 Å². The highest BCUT2D eigenvalue weighted by molar-refractivity contribution is 5.98. The second kappa shape index (κ2) is 23.8. The van der Waals surface area contributed by atoms with E-state index in [0.717, 1.165) is 5.56 Å². The van der Waals surface area contributed by atoms with Gasteiger partial charge in [0, 0.05) is 19.3 Å². The standard InChI is InChI=1S/C41H57N7O10/c1-8-29(41(57)58)45-36(52)25(6)42-35(51)24(5)43-40(56)34(26(7)49)48-39(55)32(22-28-18-14-11-15-19-28)47-37(53)30(20-23(3)4)46-38(54)31(44-33(50)9-2)21-27-16-12-10-13-17-27/h8,10-19,23-26,30-32,34,49H,9,20-22H2,1-7H3,(H,42,51)(H,43,56)(H,44,50)(H,45,52)(H,46,54)(H,47,53)(H,48,55)(H,57,58)/b29-8-/t24-,25-,26+,30+,31+,32-,34+/m0/s1. The molecule has 0 aliphatic carbocycles. The summed E-state index contributed by atoms with van der Waals surface area (Å²) in [5.41, 5.74) is 1.03. The number of aliphatic carboxylic acids is 1. The van der Waals surface area contributed by atoms with Gasteiger partial charge in [0.1, 0.15) is 41.9 Å². The summed E-state index contributed by atoms with van der Waals surface area (Å²) in [5, 5.41) is 37.3. The molecule has 0 spiro atoms. The second-order valence-corrected chi connectivity index (χ2v) is 14.3. The van der Waals surface area contributed by atoms with Gasteiger partial charge in [0.25, 0.3) is 0 Å². The molecule has 2 aromatic rings. The van der Waals surface area contributed by atoms with Gasteiger partial charge >= 0.3 is 5.97 Å². The van der Waals surface area contributed by atoms with Gasteiger partial charge in [0.15, 0.2) is 0 Å². The van der Waals surface area contributed by atoms with Gasteiger partial charge in [-0.2, -0.15) is 0 Å². The number of aliphatic hydroxyl groups excluding tert-OH is 1. The molecule has 0 radical (unpaired) electrons. The fraction of sp³-hybridized carbons (Fsp3) is 0.463. The van der Waals surface area contributed by atoms with Crippen LogP contribution in [-0.2, 0) is 51.2 Å². The molecule has 0 aliphatic rings. The molecule has 7 atom stereocenters. The molecule has 0 unspecified atom stereocenters. The summed E-state index contributed by atoms with van der Waals surface area (Å²) in [5.74, 6) is -6.59. The molecule has 0 saturated carbocycles. The third kappa shape index (κ3) is 16.2. The van der Waals surface area contributed by atoms with Gasteiger partial charge in [-0.1, -0.05) is 87.5 Å². The van der Waals surface area contributed by atoms with Crippen molar-refractivity contribution < 1.29 is 48.6 Å². The molecule has 17 nitrogen and oxygen atoms in total. The number of carbonyl (C=O) groups excluding carboxylic acids is 7. The van der Waals surface area contributed by atoms with Crippen LogP contribution < -0.4 is 37.2 Å². The molecule has 0 aromatic heterocycles. The van der Waals surface area contributed by atoms with Crippen LogP contribution in [0.15, 0.2) is 72.4 Å². The summed E-state index contributed by atoms with van der Waals surface area (Å²) in [6.45, 7) is 10.6. The Morgan fingerprint density at radius 2 is 1.03 bits per heavy atom. The first-order valence-corrected chi connectivity index (χ1v) is 19.1. The van der Waals surface area contributed by atoms with Gasteiger partial charge in [-0.3, -0.25) is 33.6 Å². The molecule has 2 rings (SSSR count). The lowest BCUT2D eigenvalue weighted by Crippen LogP contribution is -2.61. The first kappa shape index (κ1) is 48.0. The number of carboxylic acids is 1. The largest absolute Gasteiger partial charge is 0.477 e. The number of benzene rings is 2. The zero-order valence-corrected chi connectivity index (χ0v) is 34.0. The van der Waals surface area contributed by atoms with Crippen LogP contribution >= 0.6 is 0 Å².